The normalized spacial score (nSPS) is 18.0. The SMILES string of the molecule is O=C1CN(c2c(OCc3ccccc3)ccc(C#CC3CCCC3)c2F)S(=O)(=O)N1. The highest BCUT2D eigenvalue weighted by Gasteiger charge is 2.38. The molecule has 156 valence electrons. The summed E-state index contributed by atoms with van der Waals surface area (Å²) in [5, 5.41) is 0. The Hall–Kier alpha value is -3.05. The van der Waals surface area contributed by atoms with Gasteiger partial charge in [-0.05, 0) is 30.5 Å². The number of nitrogens with zero attached hydrogens (tertiary/aromatic N) is 1. The van der Waals surface area contributed by atoms with Crippen molar-refractivity contribution in [3.05, 3.63) is 59.4 Å². The molecule has 0 bridgehead atoms. The highest BCUT2D eigenvalue weighted by molar-refractivity contribution is 7.92. The second-order valence-corrected chi connectivity index (χ2v) is 8.93. The zero-order chi connectivity index (χ0) is 21.1. The zero-order valence-electron chi connectivity index (χ0n) is 16.2. The Morgan fingerprint density at radius 2 is 1.87 bits per heavy atom. The van der Waals surface area contributed by atoms with Gasteiger partial charge in [0, 0.05) is 5.92 Å². The number of amides is 1. The molecule has 1 saturated heterocycles. The number of anilines is 1. The number of nitrogens with one attached hydrogen (secondary N) is 1. The molecular formula is C22H21FN2O4S. The minimum Gasteiger partial charge on any atom is -0.487 e. The van der Waals surface area contributed by atoms with Crippen LogP contribution < -0.4 is 13.8 Å². The lowest BCUT2D eigenvalue weighted by Gasteiger charge is -2.20. The molecule has 1 amide bonds. The van der Waals surface area contributed by atoms with E-state index >= 15 is 4.39 Å². The molecule has 8 heteroatoms. The van der Waals surface area contributed by atoms with E-state index in [1.807, 2.05) is 35.1 Å². The number of hydrogen-bond acceptors (Lipinski definition) is 4. The van der Waals surface area contributed by atoms with Crippen LogP contribution in [-0.4, -0.2) is 20.9 Å². The fraction of sp³-hybridized carbons (Fsp3) is 0.318. The van der Waals surface area contributed by atoms with Gasteiger partial charge in [0.1, 0.15) is 24.6 Å². The van der Waals surface area contributed by atoms with E-state index in [0.29, 0.717) is 4.31 Å². The monoisotopic (exact) mass is 428 g/mol. The molecule has 2 aromatic rings. The fourth-order valence-corrected chi connectivity index (χ4v) is 4.78. The standard InChI is InChI=1S/C22H21FN2O4S/c23-21-18(11-10-16-6-4-5-7-16)12-13-19(29-15-17-8-2-1-3-9-17)22(21)25-14-20(26)24-30(25,27)28/h1-3,8-9,12-13,16H,4-7,14-15H2,(H,24,26). The van der Waals surface area contributed by atoms with Crippen LogP contribution in [0.15, 0.2) is 42.5 Å². The van der Waals surface area contributed by atoms with Crippen LogP contribution in [0.1, 0.15) is 36.8 Å². The van der Waals surface area contributed by atoms with Crippen molar-refractivity contribution >= 4 is 21.8 Å². The van der Waals surface area contributed by atoms with E-state index in [2.05, 4.69) is 11.8 Å². The number of halogens is 1. The van der Waals surface area contributed by atoms with E-state index in [1.165, 1.54) is 12.1 Å². The molecule has 0 radical (unpaired) electrons. The van der Waals surface area contributed by atoms with E-state index in [9.17, 15) is 13.2 Å². The summed E-state index contributed by atoms with van der Waals surface area (Å²) in [6, 6.07) is 12.2. The van der Waals surface area contributed by atoms with Crippen molar-refractivity contribution in [2.45, 2.75) is 32.3 Å². The number of hydrogen-bond donors (Lipinski definition) is 1. The van der Waals surface area contributed by atoms with Gasteiger partial charge in [-0.1, -0.05) is 55.0 Å². The van der Waals surface area contributed by atoms with Crippen molar-refractivity contribution in [3.8, 4) is 17.6 Å². The van der Waals surface area contributed by atoms with Crippen LogP contribution in [0.2, 0.25) is 0 Å². The van der Waals surface area contributed by atoms with Gasteiger partial charge in [-0.2, -0.15) is 8.42 Å². The Balaban J connectivity index is 1.71. The molecule has 1 aliphatic carbocycles. The molecule has 0 aromatic heterocycles. The van der Waals surface area contributed by atoms with Crippen molar-refractivity contribution in [2.75, 3.05) is 10.8 Å². The smallest absolute Gasteiger partial charge is 0.326 e. The molecule has 2 aromatic carbocycles. The maximum Gasteiger partial charge on any atom is 0.326 e. The lowest BCUT2D eigenvalue weighted by Crippen LogP contribution is -2.30. The maximum atomic E-state index is 15.4. The highest BCUT2D eigenvalue weighted by atomic mass is 32.2. The summed E-state index contributed by atoms with van der Waals surface area (Å²) in [5.74, 6) is 4.64. The predicted octanol–water partition coefficient (Wildman–Crippen LogP) is 3.13. The Labute approximate surface area is 175 Å². The average molecular weight is 428 g/mol. The molecule has 0 spiro atoms. The van der Waals surface area contributed by atoms with Gasteiger partial charge in [0.15, 0.2) is 5.82 Å². The first-order chi connectivity index (χ1) is 14.4. The number of carbonyl (C=O) groups excluding carboxylic acids is 1. The first-order valence-corrected chi connectivity index (χ1v) is 11.2. The zero-order valence-corrected chi connectivity index (χ0v) is 17.0. The first kappa shape index (κ1) is 20.2. The van der Waals surface area contributed by atoms with E-state index in [-0.39, 0.29) is 29.5 Å². The van der Waals surface area contributed by atoms with Crippen molar-refractivity contribution in [1.82, 2.24) is 4.72 Å². The van der Waals surface area contributed by atoms with Crippen LogP contribution >= 0.6 is 0 Å². The summed E-state index contributed by atoms with van der Waals surface area (Å²) in [7, 11) is -4.20. The molecule has 6 nitrogen and oxygen atoms in total. The molecule has 2 fully saturated rings. The molecule has 0 atom stereocenters. The van der Waals surface area contributed by atoms with E-state index in [0.717, 1.165) is 31.2 Å². The van der Waals surface area contributed by atoms with E-state index in [1.54, 1.807) is 0 Å². The van der Waals surface area contributed by atoms with Crippen molar-refractivity contribution in [1.29, 1.82) is 0 Å². The van der Waals surface area contributed by atoms with Gasteiger partial charge < -0.3 is 4.74 Å². The number of rotatable bonds is 4. The van der Waals surface area contributed by atoms with Crippen molar-refractivity contribution in [2.24, 2.45) is 5.92 Å². The minimum absolute atomic E-state index is 0.0304. The van der Waals surface area contributed by atoms with Gasteiger partial charge in [0.05, 0.1) is 5.56 Å². The molecule has 0 unspecified atom stereocenters. The van der Waals surface area contributed by atoms with Crippen LogP contribution in [0.4, 0.5) is 10.1 Å². The van der Waals surface area contributed by atoms with Crippen molar-refractivity contribution in [3.63, 3.8) is 0 Å². The van der Waals surface area contributed by atoms with Gasteiger partial charge in [0.2, 0.25) is 0 Å². The Morgan fingerprint density at radius 1 is 1.13 bits per heavy atom. The van der Waals surface area contributed by atoms with E-state index < -0.39 is 28.5 Å². The molecule has 30 heavy (non-hydrogen) atoms. The third-order valence-electron chi connectivity index (χ3n) is 5.15. The van der Waals surface area contributed by atoms with Crippen LogP contribution in [0, 0.1) is 23.6 Å². The fourth-order valence-electron chi connectivity index (χ4n) is 3.62. The Kier molecular flexibility index (Phi) is 5.64. The molecule has 2 aliphatic rings. The van der Waals surface area contributed by atoms with Gasteiger partial charge in [-0.3, -0.25) is 4.79 Å². The second-order valence-electron chi connectivity index (χ2n) is 7.34. The van der Waals surface area contributed by atoms with E-state index in [4.69, 9.17) is 4.74 Å². The predicted molar refractivity (Wildman–Crippen MR) is 110 cm³/mol. The molecule has 1 heterocycles. The first-order valence-electron chi connectivity index (χ1n) is 9.78. The average Bonchev–Trinajstić information content (AvgIpc) is 3.33. The highest BCUT2D eigenvalue weighted by Crippen LogP contribution is 2.36. The third kappa shape index (κ3) is 4.26. The molecule has 1 saturated carbocycles. The van der Waals surface area contributed by atoms with Gasteiger partial charge in [0.25, 0.3) is 5.91 Å². The minimum atomic E-state index is -4.20. The number of benzene rings is 2. The quantitative estimate of drug-likeness (QED) is 0.760. The summed E-state index contributed by atoms with van der Waals surface area (Å²) >= 11 is 0. The topological polar surface area (TPSA) is 75.7 Å². The summed E-state index contributed by atoms with van der Waals surface area (Å²) < 4.78 is 48.5. The third-order valence-corrected chi connectivity index (χ3v) is 6.53. The van der Waals surface area contributed by atoms with Gasteiger partial charge >= 0.3 is 10.2 Å². The second kappa shape index (κ2) is 8.36. The summed E-state index contributed by atoms with van der Waals surface area (Å²) in [4.78, 5) is 11.7. The van der Waals surface area contributed by atoms with Gasteiger partial charge in [-0.25, -0.2) is 13.4 Å². The Bertz CT molecular complexity index is 1120. The molecule has 4 rings (SSSR count). The molecular weight excluding hydrogens is 407 g/mol. The van der Waals surface area contributed by atoms with Crippen molar-refractivity contribution < 1.29 is 22.3 Å². The molecule has 1 N–H and O–H groups in total. The van der Waals surface area contributed by atoms with Crippen LogP contribution in [0.3, 0.4) is 0 Å². The largest absolute Gasteiger partial charge is 0.487 e. The van der Waals surface area contributed by atoms with Gasteiger partial charge in [-0.15, -0.1) is 0 Å². The maximum absolute atomic E-state index is 15.4. The lowest BCUT2D eigenvalue weighted by atomic mass is 10.1. The van der Waals surface area contributed by atoms with Crippen LogP contribution in [-0.2, 0) is 21.6 Å². The number of ether oxygens (including phenoxy) is 1. The Morgan fingerprint density at radius 3 is 2.53 bits per heavy atom. The summed E-state index contributed by atoms with van der Waals surface area (Å²) in [5.41, 5.74) is 0.619. The summed E-state index contributed by atoms with van der Waals surface area (Å²) in [6.45, 7) is -0.393. The lowest BCUT2D eigenvalue weighted by molar-refractivity contribution is -0.117. The van der Waals surface area contributed by atoms with Crippen LogP contribution in [0.25, 0.3) is 0 Å². The summed E-state index contributed by atoms with van der Waals surface area (Å²) in [6.07, 6.45) is 4.19. The van der Waals surface area contributed by atoms with Crippen LogP contribution in [0.5, 0.6) is 5.75 Å². The molecule has 1 aliphatic heterocycles. The number of carbonyl (C=O) groups is 1.